The molecule has 104 valence electrons. The molecule has 0 radical (unpaired) electrons. The Morgan fingerprint density at radius 3 is 2.11 bits per heavy atom. The van der Waals surface area contributed by atoms with Gasteiger partial charge in [0.05, 0.1) is 6.04 Å². The molecule has 0 aliphatic carbocycles. The van der Waals surface area contributed by atoms with Crippen molar-refractivity contribution >= 4 is 0 Å². The first kappa shape index (κ1) is 15.8. The second kappa shape index (κ2) is 6.26. The Bertz CT molecular complexity index is 448. The molecule has 0 amide bonds. The zero-order valence-corrected chi connectivity index (χ0v) is 13.2. The van der Waals surface area contributed by atoms with Crippen molar-refractivity contribution in [2.24, 2.45) is 0 Å². The van der Waals surface area contributed by atoms with Crippen LogP contribution < -0.4 is 5.32 Å². The van der Waals surface area contributed by atoms with Crippen LogP contribution in [0.3, 0.4) is 0 Å². The van der Waals surface area contributed by atoms with E-state index in [0.29, 0.717) is 0 Å². The number of benzene rings is 1. The molecule has 0 fully saturated rings. The van der Waals surface area contributed by atoms with Crippen LogP contribution in [0.2, 0.25) is 0 Å². The first-order valence-corrected chi connectivity index (χ1v) is 7.09. The highest BCUT2D eigenvalue weighted by Gasteiger charge is 2.17. The lowest BCUT2D eigenvalue weighted by Crippen LogP contribution is -2.30. The van der Waals surface area contributed by atoms with Gasteiger partial charge in [0, 0.05) is 0 Å². The van der Waals surface area contributed by atoms with Crippen molar-refractivity contribution in [3.8, 4) is 12.3 Å². The van der Waals surface area contributed by atoms with Crippen LogP contribution >= 0.6 is 0 Å². The van der Waals surface area contributed by atoms with Crippen LogP contribution in [0.15, 0.2) is 12.1 Å². The molecule has 1 aromatic carbocycles. The van der Waals surface area contributed by atoms with Gasteiger partial charge in [-0.25, -0.2) is 0 Å². The molecule has 0 aromatic heterocycles. The number of hydrogen-bond acceptors (Lipinski definition) is 1. The molecule has 0 aliphatic rings. The molecule has 0 heterocycles. The van der Waals surface area contributed by atoms with Gasteiger partial charge in [-0.05, 0) is 54.5 Å². The predicted octanol–water partition coefficient (Wildman–Crippen LogP) is 3.75. The molecule has 19 heavy (non-hydrogen) atoms. The molecular weight excluding hydrogens is 230 g/mol. The maximum atomic E-state index is 5.59. The third kappa shape index (κ3) is 4.11. The van der Waals surface area contributed by atoms with Crippen molar-refractivity contribution in [1.82, 2.24) is 5.32 Å². The highest BCUT2D eigenvalue weighted by molar-refractivity contribution is 5.41. The third-order valence-electron chi connectivity index (χ3n) is 3.62. The van der Waals surface area contributed by atoms with E-state index in [1.54, 1.807) is 0 Å². The van der Waals surface area contributed by atoms with Crippen LogP contribution in [0.4, 0.5) is 0 Å². The van der Waals surface area contributed by atoms with E-state index >= 15 is 0 Å². The summed E-state index contributed by atoms with van der Waals surface area (Å²) >= 11 is 0. The highest BCUT2D eigenvalue weighted by atomic mass is 14.9. The van der Waals surface area contributed by atoms with E-state index in [9.17, 15) is 0 Å². The minimum atomic E-state index is 0.128. The average Bonchev–Trinajstić information content (AvgIpc) is 2.30. The largest absolute Gasteiger partial charge is 0.304 e. The summed E-state index contributed by atoms with van der Waals surface area (Å²) in [4.78, 5) is 0. The summed E-state index contributed by atoms with van der Waals surface area (Å²) in [6.07, 6.45) is 6.50. The van der Waals surface area contributed by atoms with Gasteiger partial charge >= 0.3 is 0 Å². The fourth-order valence-electron chi connectivity index (χ4n) is 2.39. The van der Waals surface area contributed by atoms with Crippen molar-refractivity contribution < 1.29 is 0 Å². The molecule has 1 atom stereocenters. The fourth-order valence-corrected chi connectivity index (χ4v) is 2.39. The number of rotatable bonds is 4. The monoisotopic (exact) mass is 257 g/mol. The highest BCUT2D eigenvalue weighted by Crippen LogP contribution is 2.27. The molecule has 0 spiro atoms. The Morgan fingerprint density at radius 2 is 1.74 bits per heavy atom. The minimum absolute atomic E-state index is 0.128. The molecular formula is C18H27N. The van der Waals surface area contributed by atoms with E-state index in [4.69, 9.17) is 6.42 Å². The van der Waals surface area contributed by atoms with Gasteiger partial charge in [-0.3, -0.25) is 0 Å². The van der Waals surface area contributed by atoms with Crippen LogP contribution in [0, 0.1) is 26.2 Å². The van der Waals surface area contributed by atoms with Crippen molar-refractivity contribution in [2.75, 3.05) is 6.54 Å². The first-order chi connectivity index (χ1) is 8.79. The number of likely N-dealkylation sites (N-methyl/N-ethyl adjacent to an activating group) is 1. The summed E-state index contributed by atoms with van der Waals surface area (Å²) in [6.45, 7) is 14.1. The SMILES string of the molecule is C#CC(Cc1c(C)cc(C(C)(C)C)cc1C)NCC. The molecule has 0 aliphatic heterocycles. The van der Waals surface area contributed by atoms with Gasteiger partial charge < -0.3 is 5.32 Å². The molecule has 1 rings (SSSR count). The summed E-state index contributed by atoms with van der Waals surface area (Å²) in [6, 6.07) is 4.74. The summed E-state index contributed by atoms with van der Waals surface area (Å²) in [5.74, 6) is 2.84. The smallest absolute Gasteiger partial charge is 0.0727 e. The number of hydrogen-bond donors (Lipinski definition) is 1. The van der Waals surface area contributed by atoms with Gasteiger partial charge in [-0.2, -0.15) is 0 Å². The van der Waals surface area contributed by atoms with E-state index < -0.39 is 0 Å². The van der Waals surface area contributed by atoms with Gasteiger partial charge in [0.1, 0.15) is 0 Å². The molecule has 1 unspecified atom stereocenters. The summed E-state index contributed by atoms with van der Waals surface area (Å²) in [5.41, 5.74) is 5.68. The lowest BCUT2D eigenvalue weighted by atomic mass is 9.83. The second-order valence-electron chi connectivity index (χ2n) is 6.32. The van der Waals surface area contributed by atoms with Crippen molar-refractivity contribution in [3.05, 3.63) is 34.4 Å². The molecule has 1 N–H and O–H groups in total. The number of terminal acetylenes is 1. The summed E-state index contributed by atoms with van der Waals surface area (Å²) in [5, 5.41) is 3.34. The second-order valence-corrected chi connectivity index (χ2v) is 6.32. The zero-order valence-electron chi connectivity index (χ0n) is 13.2. The number of aryl methyl sites for hydroxylation is 2. The lowest BCUT2D eigenvalue weighted by molar-refractivity contribution is 0.587. The average molecular weight is 257 g/mol. The Labute approximate surface area is 118 Å². The van der Waals surface area contributed by atoms with Crippen LogP contribution in [-0.4, -0.2) is 12.6 Å². The molecule has 1 heteroatoms. The topological polar surface area (TPSA) is 12.0 Å². The van der Waals surface area contributed by atoms with Crippen LogP contribution in [0.1, 0.15) is 49.9 Å². The molecule has 1 nitrogen and oxygen atoms in total. The van der Waals surface area contributed by atoms with E-state index in [1.807, 2.05) is 0 Å². The Hall–Kier alpha value is -1.26. The third-order valence-corrected chi connectivity index (χ3v) is 3.62. The van der Waals surface area contributed by atoms with Gasteiger partial charge in [0.25, 0.3) is 0 Å². The van der Waals surface area contributed by atoms with Crippen LogP contribution in [-0.2, 0) is 11.8 Å². The molecule has 1 aromatic rings. The molecule has 0 saturated heterocycles. The fraction of sp³-hybridized carbons (Fsp3) is 0.556. The molecule has 0 saturated carbocycles. The van der Waals surface area contributed by atoms with E-state index in [0.717, 1.165) is 13.0 Å². The van der Waals surface area contributed by atoms with E-state index in [-0.39, 0.29) is 11.5 Å². The minimum Gasteiger partial charge on any atom is -0.304 e. The van der Waals surface area contributed by atoms with Gasteiger partial charge in [-0.1, -0.05) is 45.7 Å². The van der Waals surface area contributed by atoms with Crippen molar-refractivity contribution in [1.29, 1.82) is 0 Å². The molecule has 0 bridgehead atoms. The van der Waals surface area contributed by atoms with Crippen LogP contribution in [0.25, 0.3) is 0 Å². The Kier molecular flexibility index (Phi) is 5.20. The van der Waals surface area contributed by atoms with E-state index in [1.165, 1.54) is 22.3 Å². The van der Waals surface area contributed by atoms with Gasteiger partial charge in [0.15, 0.2) is 0 Å². The van der Waals surface area contributed by atoms with Crippen molar-refractivity contribution in [3.63, 3.8) is 0 Å². The number of nitrogens with one attached hydrogen (secondary N) is 1. The zero-order chi connectivity index (χ0) is 14.6. The Morgan fingerprint density at radius 1 is 1.21 bits per heavy atom. The Balaban J connectivity index is 3.08. The summed E-state index contributed by atoms with van der Waals surface area (Å²) < 4.78 is 0. The predicted molar refractivity (Wildman–Crippen MR) is 84.6 cm³/mol. The van der Waals surface area contributed by atoms with E-state index in [2.05, 4.69) is 64.9 Å². The maximum absolute atomic E-state index is 5.59. The maximum Gasteiger partial charge on any atom is 0.0727 e. The van der Waals surface area contributed by atoms with Gasteiger partial charge in [0.2, 0.25) is 0 Å². The lowest BCUT2D eigenvalue weighted by Gasteiger charge is -2.23. The standard InChI is InChI=1S/C18H27N/c1-8-16(19-9-2)12-17-13(3)10-15(11-14(17)4)18(5,6)7/h1,10-11,16,19H,9,12H2,2-7H3. The van der Waals surface area contributed by atoms with Crippen molar-refractivity contribution in [2.45, 2.75) is 59.4 Å². The first-order valence-electron chi connectivity index (χ1n) is 7.09. The normalized spacial score (nSPS) is 13.1. The summed E-state index contributed by atoms with van der Waals surface area (Å²) in [7, 11) is 0. The quantitative estimate of drug-likeness (QED) is 0.810. The van der Waals surface area contributed by atoms with Crippen LogP contribution in [0.5, 0.6) is 0 Å². The van der Waals surface area contributed by atoms with Gasteiger partial charge in [-0.15, -0.1) is 6.42 Å².